The first-order chi connectivity index (χ1) is 6.21. The van der Waals surface area contributed by atoms with Gasteiger partial charge in [0.25, 0.3) is 0 Å². The predicted molar refractivity (Wildman–Crippen MR) is 57.4 cm³/mol. The zero-order chi connectivity index (χ0) is 11.0. The first kappa shape index (κ1) is 11.9. The summed E-state index contributed by atoms with van der Waals surface area (Å²) in [5, 5.41) is 0. The van der Waals surface area contributed by atoms with Gasteiger partial charge in [-0.15, -0.1) is 0 Å². The summed E-state index contributed by atoms with van der Waals surface area (Å²) < 4.78 is 25.2. The van der Waals surface area contributed by atoms with E-state index in [4.69, 9.17) is 5.73 Å². The van der Waals surface area contributed by atoms with Gasteiger partial charge in [0, 0.05) is 19.1 Å². The number of hydrogen-bond acceptors (Lipinski definition) is 3. The summed E-state index contributed by atoms with van der Waals surface area (Å²) >= 11 is 0. The van der Waals surface area contributed by atoms with Gasteiger partial charge in [-0.1, -0.05) is 20.8 Å². The van der Waals surface area contributed by atoms with E-state index in [-0.39, 0.29) is 17.2 Å². The van der Waals surface area contributed by atoms with Crippen molar-refractivity contribution < 1.29 is 8.42 Å². The molecular weight excluding hydrogens is 200 g/mol. The Bertz CT molecular complexity index is 292. The Labute approximate surface area is 86.5 Å². The SMILES string of the molecule is CC(C)(C)CS(=O)(=O)N1CC[C@H](N)C1. The zero-order valence-electron chi connectivity index (χ0n) is 9.16. The molecule has 1 rings (SSSR count). The highest BCUT2D eigenvalue weighted by Crippen LogP contribution is 2.21. The minimum atomic E-state index is -3.10. The molecule has 1 heterocycles. The lowest BCUT2D eigenvalue weighted by Gasteiger charge is -2.23. The minimum absolute atomic E-state index is 0.0183. The first-order valence-corrected chi connectivity index (χ1v) is 6.55. The summed E-state index contributed by atoms with van der Waals surface area (Å²) in [5.74, 6) is 0.201. The maximum absolute atomic E-state index is 11.9. The average molecular weight is 220 g/mol. The van der Waals surface area contributed by atoms with Crippen molar-refractivity contribution in [3.05, 3.63) is 0 Å². The quantitative estimate of drug-likeness (QED) is 0.732. The molecule has 0 amide bonds. The van der Waals surface area contributed by atoms with E-state index in [9.17, 15) is 8.42 Å². The molecule has 0 aromatic heterocycles. The molecule has 2 N–H and O–H groups in total. The van der Waals surface area contributed by atoms with Gasteiger partial charge in [0.05, 0.1) is 5.75 Å². The molecular formula is C9H20N2O2S. The second kappa shape index (κ2) is 3.79. The summed E-state index contributed by atoms with van der Waals surface area (Å²) in [6, 6.07) is 0.0183. The fourth-order valence-corrected chi connectivity index (χ4v) is 3.72. The fourth-order valence-electron chi connectivity index (χ4n) is 1.65. The Balaban J connectivity index is 2.67. The second-order valence-electron chi connectivity index (χ2n) is 5.22. The van der Waals surface area contributed by atoms with Crippen molar-refractivity contribution in [3.8, 4) is 0 Å². The Hall–Kier alpha value is -0.130. The minimum Gasteiger partial charge on any atom is -0.326 e. The van der Waals surface area contributed by atoms with Crippen molar-refractivity contribution in [2.45, 2.75) is 33.2 Å². The molecule has 0 aromatic rings. The van der Waals surface area contributed by atoms with Crippen LogP contribution in [0.2, 0.25) is 0 Å². The normalized spacial score (nSPS) is 25.6. The van der Waals surface area contributed by atoms with Crippen LogP contribution in [0.25, 0.3) is 0 Å². The Morgan fingerprint density at radius 3 is 2.36 bits per heavy atom. The molecule has 5 heteroatoms. The maximum Gasteiger partial charge on any atom is 0.214 e. The number of nitrogens with zero attached hydrogens (tertiary/aromatic N) is 1. The van der Waals surface area contributed by atoms with Gasteiger partial charge in [-0.25, -0.2) is 12.7 Å². The van der Waals surface area contributed by atoms with Crippen molar-refractivity contribution in [3.63, 3.8) is 0 Å². The van der Waals surface area contributed by atoms with E-state index in [1.807, 2.05) is 20.8 Å². The Morgan fingerprint density at radius 1 is 1.43 bits per heavy atom. The van der Waals surface area contributed by atoms with E-state index in [1.165, 1.54) is 4.31 Å². The van der Waals surface area contributed by atoms with Crippen LogP contribution in [0.1, 0.15) is 27.2 Å². The van der Waals surface area contributed by atoms with Crippen LogP contribution >= 0.6 is 0 Å². The van der Waals surface area contributed by atoms with E-state index in [2.05, 4.69) is 0 Å². The average Bonchev–Trinajstić information content (AvgIpc) is 2.29. The smallest absolute Gasteiger partial charge is 0.214 e. The number of sulfonamides is 1. The van der Waals surface area contributed by atoms with E-state index in [0.29, 0.717) is 13.1 Å². The van der Waals surface area contributed by atoms with E-state index in [0.717, 1.165) is 6.42 Å². The molecule has 0 aliphatic carbocycles. The molecule has 14 heavy (non-hydrogen) atoms. The van der Waals surface area contributed by atoms with Gasteiger partial charge in [0.15, 0.2) is 0 Å². The standard InChI is InChI=1S/C9H20N2O2S/c1-9(2,3)7-14(12,13)11-5-4-8(10)6-11/h8H,4-7,10H2,1-3H3/t8-/m0/s1. The first-order valence-electron chi connectivity index (χ1n) is 4.94. The van der Waals surface area contributed by atoms with Gasteiger partial charge in [0.1, 0.15) is 0 Å². The third-order valence-electron chi connectivity index (χ3n) is 2.20. The molecule has 0 radical (unpaired) electrons. The lowest BCUT2D eigenvalue weighted by atomic mass is 10.0. The van der Waals surface area contributed by atoms with Crippen LogP contribution in [0.3, 0.4) is 0 Å². The molecule has 0 unspecified atom stereocenters. The molecule has 84 valence electrons. The van der Waals surface area contributed by atoms with Crippen LogP contribution in [-0.4, -0.2) is 37.6 Å². The van der Waals surface area contributed by atoms with E-state index >= 15 is 0 Å². The van der Waals surface area contributed by atoms with Crippen molar-refractivity contribution in [1.82, 2.24) is 4.31 Å². The fraction of sp³-hybridized carbons (Fsp3) is 1.00. The zero-order valence-corrected chi connectivity index (χ0v) is 9.97. The predicted octanol–water partition coefficient (Wildman–Crippen LogP) is 0.395. The van der Waals surface area contributed by atoms with Crippen molar-refractivity contribution in [2.75, 3.05) is 18.8 Å². The van der Waals surface area contributed by atoms with Gasteiger partial charge in [0.2, 0.25) is 10.0 Å². The van der Waals surface area contributed by atoms with Crippen LogP contribution < -0.4 is 5.73 Å². The largest absolute Gasteiger partial charge is 0.326 e. The molecule has 0 saturated carbocycles. The highest BCUT2D eigenvalue weighted by molar-refractivity contribution is 7.89. The summed E-state index contributed by atoms with van der Waals surface area (Å²) in [5.41, 5.74) is 5.49. The molecule has 1 atom stereocenters. The monoisotopic (exact) mass is 220 g/mol. The highest BCUT2D eigenvalue weighted by Gasteiger charge is 2.32. The Morgan fingerprint density at radius 2 is 2.00 bits per heavy atom. The van der Waals surface area contributed by atoms with Gasteiger partial charge < -0.3 is 5.73 Å². The third kappa shape index (κ3) is 3.22. The highest BCUT2D eigenvalue weighted by atomic mass is 32.2. The maximum atomic E-state index is 11.9. The molecule has 0 spiro atoms. The van der Waals surface area contributed by atoms with Crippen molar-refractivity contribution >= 4 is 10.0 Å². The Kier molecular flexibility index (Phi) is 3.23. The summed E-state index contributed by atoms with van der Waals surface area (Å²) in [6.45, 7) is 6.86. The van der Waals surface area contributed by atoms with Crippen LogP contribution in [0.4, 0.5) is 0 Å². The second-order valence-corrected chi connectivity index (χ2v) is 7.19. The molecule has 1 fully saturated rings. The van der Waals surface area contributed by atoms with Crippen molar-refractivity contribution in [1.29, 1.82) is 0 Å². The lowest BCUT2D eigenvalue weighted by Crippen LogP contribution is -2.37. The molecule has 4 nitrogen and oxygen atoms in total. The molecule has 0 aromatic carbocycles. The summed E-state index contributed by atoms with van der Waals surface area (Å²) in [7, 11) is -3.10. The lowest BCUT2D eigenvalue weighted by molar-refractivity contribution is 0.422. The van der Waals surface area contributed by atoms with Crippen LogP contribution in [0, 0.1) is 5.41 Å². The van der Waals surface area contributed by atoms with Gasteiger partial charge >= 0.3 is 0 Å². The number of rotatable bonds is 2. The summed E-state index contributed by atoms with van der Waals surface area (Å²) in [6.07, 6.45) is 0.781. The molecule has 0 bridgehead atoms. The van der Waals surface area contributed by atoms with Crippen molar-refractivity contribution in [2.24, 2.45) is 11.1 Å². The molecule has 1 saturated heterocycles. The topological polar surface area (TPSA) is 63.4 Å². The summed E-state index contributed by atoms with van der Waals surface area (Å²) in [4.78, 5) is 0. The van der Waals surface area contributed by atoms with Crippen LogP contribution in [-0.2, 0) is 10.0 Å². The van der Waals surface area contributed by atoms with Gasteiger partial charge in [-0.05, 0) is 11.8 Å². The van der Waals surface area contributed by atoms with Gasteiger partial charge in [-0.3, -0.25) is 0 Å². The van der Waals surface area contributed by atoms with Crippen LogP contribution in [0.15, 0.2) is 0 Å². The molecule has 1 aliphatic rings. The third-order valence-corrected chi connectivity index (χ3v) is 4.55. The molecule has 1 aliphatic heterocycles. The van der Waals surface area contributed by atoms with E-state index in [1.54, 1.807) is 0 Å². The van der Waals surface area contributed by atoms with Gasteiger partial charge in [-0.2, -0.15) is 0 Å². The number of hydrogen-bond donors (Lipinski definition) is 1. The van der Waals surface area contributed by atoms with Crippen LogP contribution in [0.5, 0.6) is 0 Å². The number of nitrogens with two attached hydrogens (primary N) is 1. The van der Waals surface area contributed by atoms with E-state index < -0.39 is 10.0 Å².